The molecule has 1 aromatic carbocycles. The third kappa shape index (κ3) is 4.87. The summed E-state index contributed by atoms with van der Waals surface area (Å²) in [5.41, 5.74) is -0.578. The Balaban J connectivity index is 1.61. The predicted octanol–water partition coefficient (Wildman–Crippen LogP) is 2.91. The molecule has 0 atom stereocenters. The Bertz CT molecular complexity index is 868. The second kappa shape index (κ2) is 8.54. The average Bonchev–Trinajstić information content (AvgIpc) is 2.73. The number of alkyl halides is 3. The molecular formula is C19H21F3N4O3. The monoisotopic (exact) mass is 410 g/mol. The number of ether oxygens (including phenoxy) is 2. The Morgan fingerprint density at radius 3 is 2.48 bits per heavy atom. The van der Waals surface area contributed by atoms with Crippen LogP contribution in [0.1, 0.15) is 28.9 Å². The normalized spacial score (nSPS) is 15.1. The summed E-state index contributed by atoms with van der Waals surface area (Å²) < 4.78 is 48.9. The largest absolute Gasteiger partial charge is 0.497 e. The van der Waals surface area contributed by atoms with Gasteiger partial charge in [0.1, 0.15) is 29.3 Å². The van der Waals surface area contributed by atoms with Crippen LogP contribution in [-0.2, 0) is 6.18 Å². The van der Waals surface area contributed by atoms with E-state index < -0.39 is 11.9 Å². The lowest BCUT2D eigenvalue weighted by atomic mass is 10.0. The Hall–Kier alpha value is -3.04. The summed E-state index contributed by atoms with van der Waals surface area (Å²) in [6.07, 6.45) is -2.44. The molecule has 0 unspecified atom stereocenters. The first-order valence-corrected chi connectivity index (χ1v) is 8.99. The number of benzene rings is 1. The number of halogens is 3. The van der Waals surface area contributed by atoms with E-state index in [9.17, 15) is 18.0 Å². The van der Waals surface area contributed by atoms with E-state index in [0.29, 0.717) is 43.0 Å². The van der Waals surface area contributed by atoms with Crippen molar-refractivity contribution in [3.8, 4) is 11.5 Å². The molecule has 0 saturated carbocycles. The summed E-state index contributed by atoms with van der Waals surface area (Å²) in [7, 11) is 3.00. The van der Waals surface area contributed by atoms with Gasteiger partial charge in [-0.3, -0.25) is 4.79 Å². The third-order valence-electron chi connectivity index (χ3n) is 4.75. The highest BCUT2D eigenvalue weighted by Gasteiger charge is 2.33. The Kier molecular flexibility index (Phi) is 6.09. The first-order chi connectivity index (χ1) is 13.8. The number of carbonyl (C=O) groups is 1. The second-order valence-corrected chi connectivity index (χ2v) is 6.56. The zero-order valence-corrected chi connectivity index (χ0v) is 16.0. The topological polar surface area (TPSA) is 76.6 Å². The second-order valence-electron chi connectivity index (χ2n) is 6.56. The van der Waals surface area contributed by atoms with Crippen molar-refractivity contribution >= 4 is 11.7 Å². The molecule has 1 fully saturated rings. The molecule has 1 amide bonds. The number of piperidine rings is 1. The van der Waals surface area contributed by atoms with Gasteiger partial charge in [0.05, 0.1) is 19.8 Å². The minimum absolute atomic E-state index is 0.102. The van der Waals surface area contributed by atoms with Crippen molar-refractivity contribution in [2.75, 3.05) is 32.2 Å². The number of hydrogen-bond acceptors (Lipinski definition) is 6. The molecule has 1 saturated heterocycles. The highest BCUT2D eigenvalue weighted by Crippen LogP contribution is 2.30. The van der Waals surface area contributed by atoms with Gasteiger partial charge in [-0.2, -0.15) is 13.2 Å². The number of nitrogens with zero attached hydrogens (tertiary/aromatic N) is 3. The number of rotatable bonds is 5. The van der Waals surface area contributed by atoms with Crippen LogP contribution in [0.15, 0.2) is 30.6 Å². The minimum atomic E-state index is -4.51. The standard InChI is InChI=1S/C19H21F3N4O3/c1-28-13-3-4-14(15(9-13)29-2)18(27)25-12-5-7-26(8-6-12)17-10-16(19(20,21)22)23-11-24-17/h3-4,9-12H,5-8H2,1-2H3,(H,25,27). The number of amides is 1. The predicted molar refractivity (Wildman–Crippen MR) is 99.3 cm³/mol. The zero-order chi connectivity index (χ0) is 21.0. The summed E-state index contributed by atoms with van der Waals surface area (Å²) in [6, 6.07) is 5.77. The minimum Gasteiger partial charge on any atom is -0.497 e. The number of anilines is 1. The van der Waals surface area contributed by atoms with Crippen LogP contribution in [-0.4, -0.2) is 49.2 Å². The molecule has 1 aliphatic heterocycles. The Morgan fingerprint density at radius 2 is 1.86 bits per heavy atom. The van der Waals surface area contributed by atoms with Gasteiger partial charge in [-0.1, -0.05) is 0 Å². The van der Waals surface area contributed by atoms with Gasteiger partial charge in [0.15, 0.2) is 0 Å². The van der Waals surface area contributed by atoms with Crippen molar-refractivity contribution in [1.29, 1.82) is 0 Å². The molecule has 2 aromatic rings. The van der Waals surface area contributed by atoms with E-state index in [1.807, 2.05) is 0 Å². The number of methoxy groups -OCH3 is 2. The van der Waals surface area contributed by atoms with E-state index in [1.54, 1.807) is 23.1 Å². The van der Waals surface area contributed by atoms with Crippen LogP contribution in [0.4, 0.5) is 19.0 Å². The molecule has 10 heteroatoms. The fourth-order valence-electron chi connectivity index (χ4n) is 3.18. The summed E-state index contributed by atoms with van der Waals surface area (Å²) in [4.78, 5) is 21.6. The number of hydrogen-bond donors (Lipinski definition) is 1. The van der Waals surface area contributed by atoms with Crippen molar-refractivity contribution in [2.45, 2.75) is 25.1 Å². The summed E-state index contributed by atoms with van der Waals surface area (Å²) in [6.45, 7) is 0.942. The van der Waals surface area contributed by atoms with Gasteiger partial charge in [0.25, 0.3) is 5.91 Å². The number of aromatic nitrogens is 2. The Morgan fingerprint density at radius 1 is 1.14 bits per heavy atom. The van der Waals surface area contributed by atoms with E-state index in [0.717, 1.165) is 12.4 Å². The maximum Gasteiger partial charge on any atom is 0.433 e. The molecule has 0 bridgehead atoms. The lowest BCUT2D eigenvalue weighted by molar-refractivity contribution is -0.141. The van der Waals surface area contributed by atoms with E-state index in [4.69, 9.17) is 9.47 Å². The van der Waals surface area contributed by atoms with Gasteiger partial charge in [-0.15, -0.1) is 0 Å². The maximum atomic E-state index is 12.8. The third-order valence-corrected chi connectivity index (χ3v) is 4.75. The van der Waals surface area contributed by atoms with Gasteiger partial charge in [0.2, 0.25) is 0 Å². The molecule has 1 N–H and O–H groups in total. The molecule has 1 aliphatic rings. The Labute approximate surface area is 165 Å². The smallest absolute Gasteiger partial charge is 0.433 e. The highest BCUT2D eigenvalue weighted by molar-refractivity contribution is 5.97. The van der Waals surface area contributed by atoms with E-state index in [-0.39, 0.29) is 17.8 Å². The molecule has 2 heterocycles. The molecule has 3 rings (SSSR count). The van der Waals surface area contributed by atoms with Gasteiger partial charge in [0, 0.05) is 31.3 Å². The van der Waals surface area contributed by atoms with E-state index >= 15 is 0 Å². The lowest BCUT2D eigenvalue weighted by Crippen LogP contribution is -2.45. The van der Waals surface area contributed by atoms with Gasteiger partial charge in [-0.05, 0) is 25.0 Å². The molecule has 29 heavy (non-hydrogen) atoms. The molecule has 0 spiro atoms. The summed E-state index contributed by atoms with van der Waals surface area (Å²) in [5, 5.41) is 2.96. The van der Waals surface area contributed by atoms with Crippen LogP contribution >= 0.6 is 0 Å². The van der Waals surface area contributed by atoms with Crippen LogP contribution in [0.2, 0.25) is 0 Å². The van der Waals surface area contributed by atoms with E-state index in [2.05, 4.69) is 15.3 Å². The molecule has 1 aromatic heterocycles. The van der Waals surface area contributed by atoms with Crippen molar-refractivity contribution in [3.63, 3.8) is 0 Å². The molecule has 0 radical (unpaired) electrons. The van der Waals surface area contributed by atoms with Crippen LogP contribution in [0, 0.1) is 0 Å². The fraction of sp³-hybridized carbons (Fsp3) is 0.421. The van der Waals surface area contributed by atoms with Crippen molar-refractivity contribution in [1.82, 2.24) is 15.3 Å². The molecule has 7 nitrogen and oxygen atoms in total. The molecule has 0 aliphatic carbocycles. The maximum absolute atomic E-state index is 12.8. The molecule has 156 valence electrons. The first-order valence-electron chi connectivity index (χ1n) is 8.99. The highest BCUT2D eigenvalue weighted by atomic mass is 19.4. The van der Waals surface area contributed by atoms with Crippen molar-refractivity contribution in [3.05, 3.63) is 41.9 Å². The first kappa shape index (κ1) is 20.7. The summed E-state index contributed by atoms with van der Waals surface area (Å²) in [5.74, 6) is 0.938. The van der Waals surface area contributed by atoms with Gasteiger partial charge >= 0.3 is 6.18 Å². The van der Waals surface area contributed by atoms with E-state index in [1.165, 1.54) is 14.2 Å². The van der Waals surface area contributed by atoms with Crippen molar-refractivity contribution < 1.29 is 27.4 Å². The average molecular weight is 410 g/mol. The van der Waals surface area contributed by atoms with Crippen molar-refractivity contribution in [2.24, 2.45) is 0 Å². The van der Waals surface area contributed by atoms with Gasteiger partial charge in [-0.25, -0.2) is 9.97 Å². The lowest BCUT2D eigenvalue weighted by Gasteiger charge is -2.33. The number of carbonyl (C=O) groups excluding carboxylic acids is 1. The van der Waals surface area contributed by atoms with Crippen LogP contribution in [0.5, 0.6) is 11.5 Å². The summed E-state index contributed by atoms with van der Waals surface area (Å²) >= 11 is 0. The van der Waals surface area contributed by atoms with Crippen LogP contribution in [0.3, 0.4) is 0 Å². The quantitative estimate of drug-likeness (QED) is 0.817. The van der Waals surface area contributed by atoms with Crippen LogP contribution < -0.4 is 19.7 Å². The number of nitrogens with one attached hydrogen (secondary N) is 1. The van der Waals surface area contributed by atoms with Crippen LogP contribution in [0.25, 0.3) is 0 Å². The SMILES string of the molecule is COc1ccc(C(=O)NC2CCN(c3cc(C(F)(F)F)ncn3)CC2)c(OC)c1. The fourth-order valence-corrected chi connectivity index (χ4v) is 3.18. The molecular weight excluding hydrogens is 389 g/mol. The van der Waals surface area contributed by atoms with Gasteiger partial charge < -0.3 is 19.7 Å². The zero-order valence-electron chi connectivity index (χ0n) is 16.0.